The SMILES string of the molecule is COc1ccc(NC(=O)c2ccc(C(=O)NCCC(C)C)cc2)cc1OC. The van der Waals surface area contributed by atoms with Gasteiger partial charge in [-0.05, 0) is 48.7 Å². The Labute approximate surface area is 159 Å². The van der Waals surface area contributed by atoms with Crippen molar-refractivity contribution in [3.63, 3.8) is 0 Å². The van der Waals surface area contributed by atoms with Gasteiger partial charge in [0.2, 0.25) is 0 Å². The van der Waals surface area contributed by atoms with E-state index < -0.39 is 0 Å². The highest BCUT2D eigenvalue weighted by molar-refractivity contribution is 6.05. The molecule has 144 valence electrons. The number of methoxy groups -OCH3 is 2. The first-order valence-corrected chi connectivity index (χ1v) is 8.86. The Morgan fingerprint density at radius 3 is 2.04 bits per heavy atom. The molecule has 0 bridgehead atoms. The molecule has 2 aromatic carbocycles. The topological polar surface area (TPSA) is 76.7 Å². The molecule has 0 aromatic heterocycles. The second-order valence-electron chi connectivity index (χ2n) is 6.54. The van der Waals surface area contributed by atoms with Gasteiger partial charge in [-0.1, -0.05) is 13.8 Å². The molecule has 6 heteroatoms. The van der Waals surface area contributed by atoms with Gasteiger partial charge in [0.25, 0.3) is 11.8 Å². The highest BCUT2D eigenvalue weighted by atomic mass is 16.5. The van der Waals surface area contributed by atoms with E-state index >= 15 is 0 Å². The molecular formula is C21H26N2O4. The minimum Gasteiger partial charge on any atom is -0.493 e. The Morgan fingerprint density at radius 1 is 0.889 bits per heavy atom. The van der Waals surface area contributed by atoms with Crippen molar-refractivity contribution in [1.29, 1.82) is 0 Å². The Kier molecular flexibility index (Phi) is 7.23. The van der Waals surface area contributed by atoms with E-state index in [1.54, 1.807) is 49.6 Å². The summed E-state index contributed by atoms with van der Waals surface area (Å²) in [5, 5.41) is 5.68. The number of benzene rings is 2. The highest BCUT2D eigenvalue weighted by Gasteiger charge is 2.11. The fourth-order valence-corrected chi connectivity index (χ4v) is 2.47. The predicted octanol–water partition coefficient (Wildman–Crippen LogP) is 3.73. The molecule has 0 saturated carbocycles. The third-order valence-corrected chi connectivity index (χ3v) is 4.06. The van der Waals surface area contributed by atoms with Crippen LogP contribution in [-0.4, -0.2) is 32.6 Å². The Bertz CT molecular complexity index is 785. The zero-order chi connectivity index (χ0) is 19.8. The van der Waals surface area contributed by atoms with Crippen LogP contribution in [-0.2, 0) is 0 Å². The van der Waals surface area contributed by atoms with Crippen LogP contribution in [0.15, 0.2) is 42.5 Å². The van der Waals surface area contributed by atoms with Crippen molar-refractivity contribution >= 4 is 17.5 Å². The molecule has 0 aliphatic carbocycles. The molecule has 6 nitrogen and oxygen atoms in total. The van der Waals surface area contributed by atoms with E-state index in [9.17, 15) is 9.59 Å². The van der Waals surface area contributed by atoms with Crippen LogP contribution in [0.4, 0.5) is 5.69 Å². The van der Waals surface area contributed by atoms with E-state index in [0.29, 0.717) is 40.8 Å². The third kappa shape index (κ3) is 5.74. The summed E-state index contributed by atoms with van der Waals surface area (Å²) in [5.41, 5.74) is 1.58. The van der Waals surface area contributed by atoms with Gasteiger partial charge in [0, 0.05) is 29.4 Å². The third-order valence-electron chi connectivity index (χ3n) is 4.06. The van der Waals surface area contributed by atoms with Crippen LogP contribution >= 0.6 is 0 Å². The van der Waals surface area contributed by atoms with Crippen molar-refractivity contribution in [2.45, 2.75) is 20.3 Å². The zero-order valence-corrected chi connectivity index (χ0v) is 16.2. The summed E-state index contributed by atoms with van der Waals surface area (Å²) in [7, 11) is 3.09. The van der Waals surface area contributed by atoms with Crippen molar-refractivity contribution in [3.8, 4) is 11.5 Å². The van der Waals surface area contributed by atoms with Crippen LogP contribution < -0.4 is 20.1 Å². The summed E-state index contributed by atoms with van der Waals surface area (Å²) in [5.74, 6) is 1.25. The fraction of sp³-hybridized carbons (Fsp3) is 0.333. The average molecular weight is 370 g/mol. The van der Waals surface area contributed by atoms with Crippen molar-refractivity contribution < 1.29 is 19.1 Å². The number of carbonyl (C=O) groups excluding carboxylic acids is 2. The predicted molar refractivity (Wildman–Crippen MR) is 106 cm³/mol. The van der Waals surface area contributed by atoms with Crippen LogP contribution in [0.25, 0.3) is 0 Å². The lowest BCUT2D eigenvalue weighted by atomic mass is 10.1. The number of hydrogen-bond acceptors (Lipinski definition) is 4. The van der Waals surface area contributed by atoms with E-state index in [-0.39, 0.29) is 11.8 Å². The maximum absolute atomic E-state index is 12.4. The number of amides is 2. The molecule has 0 spiro atoms. The minimum absolute atomic E-state index is 0.137. The van der Waals surface area contributed by atoms with E-state index in [0.717, 1.165) is 6.42 Å². The minimum atomic E-state index is -0.269. The lowest BCUT2D eigenvalue weighted by Gasteiger charge is -2.11. The normalized spacial score (nSPS) is 10.4. The molecule has 0 unspecified atom stereocenters. The van der Waals surface area contributed by atoms with E-state index in [1.165, 1.54) is 7.11 Å². The van der Waals surface area contributed by atoms with E-state index in [1.807, 2.05) is 0 Å². The molecule has 0 atom stereocenters. The Hall–Kier alpha value is -3.02. The molecule has 0 heterocycles. The second kappa shape index (κ2) is 9.62. The first kappa shape index (κ1) is 20.3. The number of anilines is 1. The number of hydrogen-bond donors (Lipinski definition) is 2. The summed E-state index contributed by atoms with van der Waals surface area (Å²) in [6, 6.07) is 11.7. The van der Waals surface area contributed by atoms with Crippen LogP contribution in [0.2, 0.25) is 0 Å². The summed E-state index contributed by atoms with van der Waals surface area (Å²) in [6.07, 6.45) is 0.928. The number of ether oxygens (including phenoxy) is 2. The molecule has 2 amide bonds. The molecular weight excluding hydrogens is 344 g/mol. The maximum atomic E-state index is 12.4. The summed E-state index contributed by atoms with van der Waals surface area (Å²) < 4.78 is 10.4. The van der Waals surface area contributed by atoms with Crippen molar-refractivity contribution in [3.05, 3.63) is 53.6 Å². The molecule has 0 aliphatic heterocycles. The van der Waals surface area contributed by atoms with Gasteiger partial charge in [-0.15, -0.1) is 0 Å². The molecule has 2 N–H and O–H groups in total. The Morgan fingerprint density at radius 2 is 1.48 bits per heavy atom. The fourth-order valence-electron chi connectivity index (χ4n) is 2.47. The standard InChI is InChI=1S/C21H26N2O4/c1-14(2)11-12-22-20(24)15-5-7-16(8-6-15)21(25)23-17-9-10-18(26-3)19(13-17)27-4/h5-10,13-14H,11-12H2,1-4H3,(H,22,24)(H,23,25). The first-order chi connectivity index (χ1) is 12.9. The second-order valence-corrected chi connectivity index (χ2v) is 6.54. The highest BCUT2D eigenvalue weighted by Crippen LogP contribution is 2.29. The molecule has 0 fully saturated rings. The van der Waals surface area contributed by atoms with Gasteiger partial charge in [0.05, 0.1) is 14.2 Å². The molecule has 0 aliphatic rings. The number of rotatable bonds is 8. The lowest BCUT2D eigenvalue weighted by Crippen LogP contribution is -2.25. The van der Waals surface area contributed by atoms with Gasteiger partial charge in [-0.3, -0.25) is 9.59 Å². The monoisotopic (exact) mass is 370 g/mol. The quantitative estimate of drug-likeness (QED) is 0.742. The Balaban J connectivity index is 2.00. The van der Waals surface area contributed by atoms with Crippen LogP contribution in [0, 0.1) is 5.92 Å². The van der Waals surface area contributed by atoms with Gasteiger partial charge >= 0.3 is 0 Å². The van der Waals surface area contributed by atoms with E-state index in [4.69, 9.17) is 9.47 Å². The van der Waals surface area contributed by atoms with Crippen molar-refractivity contribution in [2.24, 2.45) is 5.92 Å². The maximum Gasteiger partial charge on any atom is 0.255 e. The number of carbonyl (C=O) groups is 2. The molecule has 0 radical (unpaired) electrons. The first-order valence-electron chi connectivity index (χ1n) is 8.86. The molecule has 2 rings (SSSR count). The largest absolute Gasteiger partial charge is 0.493 e. The summed E-state index contributed by atoms with van der Waals surface area (Å²) in [4.78, 5) is 24.5. The molecule has 0 saturated heterocycles. The summed E-state index contributed by atoms with van der Waals surface area (Å²) >= 11 is 0. The van der Waals surface area contributed by atoms with Gasteiger partial charge in [-0.2, -0.15) is 0 Å². The number of nitrogens with one attached hydrogen (secondary N) is 2. The smallest absolute Gasteiger partial charge is 0.255 e. The average Bonchev–Trinajstić information content (AvgIpc) is 2.67. The summed E-state index contributed by atoms with van der Waals surface area (Å²) in [6.45, 7) is 4.86. The molecule has 2 aromatic rings. The van der Waals surface area contributed by atoms with Gasteiger partial charge in [-0.25, -0.2) is 0 Å². The van der Waals surface area contributed by atoms with E-state index in [2.05, 4.69) is 24.5 Å². The van der Waals surface area contributed by atoms with Crippen molar-refractivity contribution in [1.82, 2.24) is 5.32 Å². The van der Waals surface area contributed by atoms with Crippen LogP contribution in [0.1, 0.15) is 41.0 Å². The van der Waals surface area contributed by atoms with Crippen molar-refractivity contribution in [2.75, 3.05) is 26.1 Å². The molecule has 27 heavy (non-hydrogen) atoms. The van der Waals surface area contributed by atoms with Gasteiger partial charge < -0.3 is 20.1 Å². The van der Waals surface area contributed by atoms with Crippen LogP contribution in [0.3, 0.4) is 0 Å². The van der Waals surface area contributed by atoms with Gasteiger partial charge in [0.1, 0.15) is 0 Å². The van der Waals surface area contributed by atoms with Crippen LogP contribution in [0.5, 0.6) is 11.5 Å². The lowest BCUT2D eigenvalue weighted by molar-refractivity contribution is 0.0950. The zero-order valence-electron chi connectivity index (χ0n) is 16.2. The van der Waals surface area contributed by atoms with Gasteiger partial charge in [0.15, 0.2) is 11.5 Å².